The standard InChI is InChI=1S/C15H20ClNO5SSi/c1-10-14(24(3,4)12-8-6-5-7-9-12)13(22-11(2)18)15(19)17(10)23(16,20)21/h5-10,13-14H,1-4H3/t10-,13+,14-/m1/s1. The molecule has 1 fully saturated rings. The van der Waals surface area contributed by atoms with Crippen LogP contribution in [-0.4, -0.2) is 44.8 Å². The van der Waals surface area contributed by atoms with Gasteiger partial charge in [0.25, 0.3) is 5.91 Å². The number of hydrogen-bond donors (Lipinski definition) is 0. The lowest BCUT2D eigenvalue weighted by molar-refractivity contribution is -0.153. The zero-order valence-corrected chi connectivity index (χ0v) is 16.5. The van der Waals surface area contributed by atoms with Crippen LogP contribution in [0, 0.1) is 0 Å². The van der Waals surface area contributed by atoms with Gasteiger partial charge in [0, 0.05) is 23.1 Å². The molecule has 0 bridgehead atoms. The van der Waals surface area contributed by atoms with Crippen LogP contribution in [0.25, 0.3) is 0 Å². The Bertz CT molecular complexity index is 752. The van der Waals surface area contributed by atoms with Gasteiger partial charge >= 0.3 is 15.2 Å². The monoisotopic (exact) mass is 389 g/mol. The molecule has 2 rings (SSSR count). The molecular weight excluding hydrogens is 370 g/mol. The van der Waals surface area contributed by atoms with Crippen LogP contribution in [0.3, 0.4) is 0 Å². The van der Waals surface area contributed by atoms with Gasteiger partial charge in [-0.2, -0.15) is 8.42 Å². The normalized spacial score (nSPS) is 25.0. The Morgan fingerprint density at radius 3 is 2.25 bits per heavy atom. The number of hydrogen-bond acceptors (Lipinski definition) is 5. The third-order valence-electron chi connectivity index (χ3n) is 4.56. The number of ether oxygens (including phenoxy) is 1. The molecule has 0 spiro atoms. The van der Waals surface area contributed by atoms with E-state index in [2.05, 4.69) is 0 Å². The highest BCUT2D eigenvalue weighted by molar-refractivity contribution is 8.12. The first-order valence-electron chi connectivity index (χ1n) is 7.48. The minimum absolute atomic E-state index is 0.440. The van der Waals surface area contributed by atoms with Gasteiger partial charge in [-0.05, 0) is 6.92 Å². The van der Waals surface area contributed by atoms with Crippen molar-refractivity contribution in [3.05, 3.63) is 30.3 Å². The van der Waals surface area contributed by atoms with Crippen molar-refractivity contribution in [3.63, 3.8) is 0 Å². The number of rotatable bonds is 4. The first kappa shape index (κ1) is 18.9. The van der Waals surface area contributed by atoms with Crippen molar-refractivity contribution in [1.82, 2.24) is 4.31 Å². The molecule has 24 heavy (non-hydrogen) atoms. The van der Waals surface area contributed by atoms with E-state index in [-0.39, 0.29) is 0 Å². The Morgan fingerprint density at radius 2 is 1.79 bits per heavy atom. The molecule has 0 unspecified atom stereocenters. The second-order valence-corrected chi connectivity index (χ2v) is 13.5. The van der Waals surface area contributed by atoms with Crippen molar-refractivity contribution in [2.75, 3.05) is 0 Å². The molecule has 1 aliphatic heterocycles. The summed E-state index contributed by atoms with van der Waals surface area (Å²) >= 11 is 0. The number of halogens is 1. The van der Waals surface area contributed by atoms with Crippen molar-refractivity contribution in [2.24, 2.45) is 0 Å². The first-order valence-corrected chi connectivity index (χ1v) is 12.8. The molecule has 9 heteroatoms. The fourth-order valence-corrected chi connectivity index (χ4v) is 8.82. The molecule has 0 radical (unpaired) electrons. The Hall–Kier alpha value is -1.38. The third kappa shape index (κ3) is 3.36. The lowest BCUT2D eigenvalue weighted by Gasteiger charge is -2.35. The summed E-state index contributed by atoms with van der Waals surface area (Å²) in [6, 6.07) is 8.88. The largest absolute Gasteiger partial charge is 0.452 e. The molecule has 1 saturated heterocycles. The summed E-state index contributed by atoms with van der Waals surface area (Å²) < 4.78 is 29.5. The van der Waals surface area contributed by atoms with E-state index in [0.717, 1.165) is 5.19 Å². The average molecular weight is 390 g/mol. The highest BCUT2D eigenvalue weighted by Crippen LogP contribution is 2.42. The maximum absolute atomic E-state index is 12.6. The minimum Gasteiger partial charge on any atom is -0.452 e. The number of esters is 1. The molecule has 1 aromatic rings. The highest BCUT2D eigenvalue weighted by atomic mass is 35.7. The summed E-state index contributed by atoms with van der Waals surface area (Å²) in [4.78, 5) is 24.1. The van der Waals surface area contributed by atoms with Gasteiger partial charge in [0.1, 0.15) is 0 Å². The van der Waals surface area contributed by atoms with E-state index in [1.807, 2.05) is 43.4 Å². The van der Waals surface area contributed by atoms with Gasteiger partial charge in [-0.25, -0.2) is 4.31 Å². The topological polar surface area (TPSA) is 80.8 Å². The molecule has 6 nitrogen and oxygen atoms in total. The predicted octanol–water partition coefficient (Wildman–Crippen LogP) is 1.62. The number of amides is 1. The molecule has 0 aliphatic carbocycles. The molecule has 132 valence electrons. The maximum atomic E-state index is 12.6. The summed E-state index contributed by atoms with van der Waals surface area (Å²) in [5, 5.41) is 1.04. The molecule has 0 aromatic heterocycles. The lowest BCUT2D eigenvalue weighted by Crippen LogP contribution is -2.52. The van der Waals surface area contributed by atoms with Crippen molar-refractivity contribution in [1.29, 1.82) is 0 Å². The molecule has 1 amide bonds. The second-order valence-electron chi connectivity index (χ2n) is 6.46. The van der Waals surface area contributed by atoms with Crippen LogP contribution in [0.4, 0.5) is 0 Å². The zero-order chi connectivity index (χ0) is 18.3. The van der Waals surface area contributed by atoms with Crippen molar-refractivity contribution in [2.45, 2.75) is 44.6 Å². The predicted molar refractivity (Wildman–Crippen MR) is 93.9 cm³/mol. The fourth-order valence-electron chi connectivity index (χ4n) is 3.53. The molecule has 1 aromatic carbocycles. The van der Waals surface area contributed by atoms with E-state index < -0.39 is 46.9 Å². The fraction of sp³-hybridized carbons (Fsp3) is 0.467. The van der Waals surface area contributed by atoms with Crippen LogP contribution < -0.4 is 5.19 Å². The van der Waals surface area contributed by atoms with Crippen molar-refractivity contribution >= 4 is 45.1 Å². The van der Waals surface area contributed by atoms with E-state index in [0.29, 0.717) is 4.31 Å². The quantitative estimate of drug-likeness (QED) is 0.444. The molecule has 1 aliphatic rings. The van der Waals surface area contributed by atoms with E-state index >= 15 is 0 Å². The number of nitrogens with zero attached hydrogens (tertiary/aromatic N) is 1. The van der Waals surface area contributed by atoms with Crippen LogP contribution in [0.1, 0.15) is 13.8 Å². The summed E-state index contributed by atoms with van der Waals surface area (Å²) in [5.41, 5.74) is -0.440. The van der Waals surface area contributed by atoms with Crippen LogP contribution in [0.2, 0.25) is 18.6 Å². The Balaban J connectivity index is 2.55. The third-order valence-corrected chi connectivity index (χ3v) is 10.3. The van der Waals surface area contributed by atoms with Crippen LogP contribution in [-0.2, 0) is 23.6 Å². The van der Waals surface area contributed by atoms with E-state index in [4.69, 9.17) is 15.4 Å². The minimum atomic E-state index is -4.26. The van der Waals surface area contributed by atoms with Gasteiger partial charge in [-0.1, -0.05) is 48.6 Å². The molecule has 3 atom stereocenters. The van der Waals surface area contributed by atoms with Gasteiger partial charge in [0.15, 0.2) is 6.10 Å². The summed E-state index contributed by atoms with van der Waals surface area (Å²) in [6.45, 7) is 6.88. The second kappa shape index (κ2) is 6.49. The molecule has 1 heterocycles. The van der Waals surface area contributed by atoms with Crippen molar-refractivity contribution in [3.8, 4) is 0 Å². The lowest BCUT2D eigenvalue weighted by atomic mass is 10.2. The van der Waals surface area contributed by atoms with E-state index in [1.54, 1.807) is 6.92 Å². The average Bonchev–Trinajstić information content (AvgIpc) is 2.70. The number of benzene rings is 1. The van der Waals surface area contributed by atoms with Gasteiger partial charge in [-0.3, -0.25) is 9.59 Å². The van der Waals surface area contributed by atoms with E-state index in [9.17, 15) is 18.0 Å². The van der Waals surface area contributed by atoms with Gasteiger partial charge in [0.05, 0.1) is 14.1 Å². The molecular formula is C15H20ClNO5SSi. The Labute approximate surface area is 147 Å². The Kier molecular flexibility index (Phi) is 5.13. The maximum Gasteiger partial charge on any atom is 0.324 e. The molecule has 0 N–H and O–H groups in total. The smallest absolute Gasteiger partial charge is 0.324 e. The van der Waals surface area contributed by atoms with Crippen molar-refractivity contribution < 1.29 is 22.7 Å². The Morgan fingerprint density at radius 1 is 1.25 bits per heavy atom. The van der Waals surface area contributed by atoms with E-state index in [1.165, 1.54) is 6.92 Å². The number of carbonyl (C=O) groups is 2. The van der Waals surface area contributed by atoms with Crippen LogP contribution in [0.15, 0.2) is 30.3 Å². The molecule has 0 saturated carbocycles. The zero-order valence-electron chi connectivity index (χ0n) is 13.9. The first-order chi connectivity index (χ1) is 11.0. The summed E-state index contributed by atoms with van der Waals surface area (Å²) in [6.07, 6.45) is -1.15. The highest BCUT2D eigenvalue weighted by Gasteiger charge is 2.58. The SMILES string of the molecule is CC(=O)O[C@@H]1C(=O)N(S(=O)(=O)Cl)[C@H](C)[C@H]1[Si](C)(C)c1ccccc1. The van der Waals surface area contributed by atoms with Crippen LogP contribution in [0.5, 0.6) is 0 Å². The summed E-state index contributed by atoms with van der Waals surface area (Å²) in [7, 11) is -1.18. The van der Waals surface area contributed by atoms with Gasteiger partial charge in [0.2, 0.25) is 0 Å². The number of carbonyl (C=O) groups excluding carboxylic acids is 2. The van der Waals surface area contributed by atoms with Crippen LogP contribution >= 0.6 is 10.7 Å². The summed E-state index contributed by atoms with van der Waals surface area (Å²) in [5.74, 6) is -1.41. The van der Waals surface area contributed by atoms with Gasteiger partial charge in [-0.15, -0.1) is 0 Å². The van der Waals surface area contributed by atoms with Gasteiger partial charge < -0.3 is 4.74 Å².